The van der Waals surface area contributed by atoms with Crippen LogP contribution in [0, 0.1) is 0 Å². The van der Waals surface area contributed by atoms with Gasteiger partial charge in [-0.25, -0.2) is 0 Å². The van der Waals surface area contributed by atoms with Gasteiger partial charge in [0.15, 0.2) is 0 Å². The number of rotatable bonds is 0. The van der Waals surface area contributed by atoms with Crippen molar-refractivity contribution in [3.63, 3.8) is 0 Å². The summed E-state index contributed by atoms with van der Waals surface area (Å²) >= 11 is 0. The molecule has 0 saturated carbocycles. The molecule has 0 unspecified atom stereocenters. The molecule has 2 heteroatoms. The lowest BCUT2D eigenvalue weighted by molar-refractivity contribution is 0.786. The van der Waals surface area contributed by atoms with Gasteiger partial charge in [0.25, 0.3) is 0 Å². The number of hydrogen-bond donors (Lipinski definition) is 1. The van der Waals surface area contributed by atoms with Crippen molar-refractivity contribution in [1.29, 1.82) is 0 Å². The Morgan fingerprint density at radius 1 is 0.520 bits per heavy atom. The minimum absolute atomic E-state index is 0.260. The molecule has 1 aromatic heterocycles. The van der Waals surface area contributed by atoms with Crippen molar-refractivity contribution in [3.8, 4) is 22.3 Å². The van der Waals surface area contributed by atoms with Crippen LogP contribution in [-0.4, -0.2) is 4.68 Å². The Balaban J connectivity index is 1.88. The Kier molecular flexibility index (Phi) is 2.21. The lowest BCUT2D eigenvalue weighted by Crippen LogP contribution is -2.26. The Hall–Kier alpha value is -3.26. The Bertz CT molecular complexity index is 1120. The quantitative estimate of drug-likeness (QED) is 0.409. The van der Waals surface area contributed by atoms with Gasteiger partial charge in [-0.1, -0.05) is 72.8 Å². The van der Waals surface area contributed by atoms with E-state index in [1.165, 1.54) is 44.5 Å². The molecule has 2 aliphatic carbocycles. The van der Waals surface area contributed by atoms with Gasteiger partial charge in [-0.3, -0.25) is 4.68 Å². The molecule has 0 amide bonds. The molecule has 0 fully saturated rings. The van der Waals surface area contributed by atoms with E-state index in [-0.39, 0.29) is 5.41 Å². The van der Waals surface area contributed by atoms with Crippen LogP contribution in [0.3, 0.4) is 0 Å². The number of nitrogen functional groups attached to an aromatic ring is 1. The summed E-state index contributed by atoms with van der Waals surface area (Å²) in [5, 5.41) is 0. The van der Waals surface area contributed by atoms with E-state index in [2.05, 4.69) is 79.0 Å². The molecule has 118 valence electrons. The van der Waals surface area contributed by atoms with Gasteiger partial charge in [0.1, 0.15) is 0 Å². The monoisotopic (exact) mass is 320 g/mol. The third-order valence-electron chi connectivity index (χ3n) is 5.82. The number of aromatic nitrogens is 1. The summed E-state index contributed by atoms with van der Waals surface area (Å²) in [5.74, 6) is 6.15. The summed E-state index contributed by atoms with van der Waals surface area (Å²) in [7, 11) is 0. The zero-order chi connectivity index (χ0) is 16.6. The third kappa shape index (κ3) is 1.34. The molecule has 2 N–H and O–H groups in total. The highest BCUT2D eigenvalue weighted by Crippen LogP contribution is 2.62. The predicted molar refractivity (Wildman–Crippen MR) is 101 cm³/mol. The van der Waals surface area contributed by atoms with Gasteiger partial charge in [-0.05, 0) is 38.9 Å². The zero-order valence-electron chi connectivity index (χ0n) is 13.6. The fraction of sp³-hybridized carbons (Fsp3) is 0.0435. The molecule has 2 aliphatic rings. The minimum Gasteiger partial charge on any atom is -0.340 e. The fourth-order valence-electron chi connectivity index (χ4n) is 4.99. The average molecular weight is 320 g/mol. The van der Waals surface area contributed by atoms with Crippen molar-refractivity contribution >= 4 is 0 Å². The topological polar surface area (TPSA) is 30.9 Å². The number of fused-ring (bicyclic) bond motifs is 10. The van der Waals surface area contributed by atoms with E-state index in [0.29, 0.717) is 0 Å². The Morgan fingerprint density at radius 2 is 0.960 bits per heavy atom. The van der Waals surface area contributed by atoms with Crippen LogP contribution in [0.25, 0.3) is 22.3 Å². The van der Waals surface area contributed by atoms with Crippen LogP contribution in [0.2, 0.25) is 0 Å². The SMILES string of the molecule is Nn1cc2c(c1)C1(c3ccccc3-c3ccccc31)c1ccccc1-2. The second-order valence-corrected chi connectivity index (χ2v) is 6.92. The van der Waals surface area contributed by atoms with Crippen LogP contribution < -0.4 is 5.84 Å². The van der Waals surface area contributed by atoms with Crippen molar-refractivity contribution in [1.82, 2.24) is 4.68 Å². The van der Waals surface area contributed by atoms with Crippen LogP contribution in [0.1, 0.15) is 22.3 Å². The Labute approximate surface area is 146 Å². The lowest BCUT2D eigenvalue weighted by Gasteiger charge is -2.29. The minimum atomic E-state index is -0.260. The van der Waals surface area contributed by atoms with Crippen molar-refractivity contribution in [2.75, 3.05) is 5.84 Å². The molecule has 4 aromatic rings. The van der Waals surface area contributed by atoms with E-state index in [9.17, 15) is 0 Å². The number of nitrogens with two attached hydrogens (primary N) is 1. The smallest absolute Gasteiger partial charge is 0.0741 e. The highest BCUT2D eigenvalue weighted by atomic mass is 15.3. The van der Waals surface area contributed by atoms with Crippen LogP contribution in [-0.2, 0) is 5.41 Å². The molecule has 6 rings (SSSR count). The Morgan fingerprint density at radius 3 is 1.48 bits per heavy atom. The van der Waals surface area contributed by atoms with Gasteiger partial charge >= 0.3 is 0 Å². The summed E-state index contributed by atoms with van der Waals surface area (Å²) in [6.07, 6.45) is 4.14. The molecule has 0 saturated heterocycles. The number of hydrogen-bond acceptors (Lipinski definition) is 1. The van der Waals surface area contributed by atoms with Crippen molar-refractivity contribution in [2.24, 2.45) is 0 Å². The van der Waals surface area contributed by atoms with Gasteiger partial charge in [0.2, 0.25) is 0 Å². The van der Waals surface area contributed by atoms with Gasteiger partial charge < -0.3 is 5.84 Å². The maximum absolute atomic E-state index is 6.15. The lowest BCUT2D eigenvalue weighted by atomic mass is 9.71. The first-order valence-electron chi connectivity index (χ1n) is 8.58. The van der Waals surface area contributed by atoms with E-state index >= 15 is 0 Å². The highest BCUT2D eigenvalue weighted by molar-refractivity contribution is 5.94. The van der Waals surface area contributed by atoms with Gasteiger partial charge in [-0.15, -0.1) is 0 Å². The summed E-state index contributed by atoms with van der Waals surface area (Å²) < 4.78 is 1.70. The van der Waals surface area contributed by atoms with E-state index < -0.39 is 0 Å². The van der Waals surface area contributed by atoms with E-state index in [0.717, 1.165) is 0 Å². The van der Waals surface area contributed by atoms with Crippen LogP contribution >= 0.6 is 0 Å². The maximum atomic E-state index is 6.15. The number of nitrogens with zero attached hydrogens (tertiary/aromatic N) is 1. The van der Waals surface area contributed by atoms with Gasteiger partial charge in [0.05, 0.1) is 5.41 Å². The molecule has 0 aliphatic heterocycles. The molecule has 0 bridgehead atoms. The molecular formula is C23H16N2. The number of benzene rings is 3. The third-order valence-corrected chi connectivity index (χ3v) is 5.82. The first-order chi connectivity index (χ1) is 12.3. The van der Waals surface area contributed by atoms with Crippen LogP contribution in [0.15, 0.2) is 85.2 Å². The zero-order valence-corrected chi connectivity index (χ0v) is 13.6. The molecule has 0 radical (unpaired) electrons. The second kappa shape index (κ2) is 4.22. The van der Waals surface area contributed by atoms with Gasteiger partial charge in [0, 0.05) is 18.0 Å². The first-order valence-corrected chi connectivity index (χ1v) is 8.58. The molecule has 0 atom stereocenters. The van der Waals surface area contributed by atoms with Crippen molar-refractivity contribution < 1.29 is 0 Å². The molecule has 1 spiro atoms. The van der Waals surface area contributed by atoms with E-state index in [4.69, 9.17) is 5.84 Å². The molecule has 25 heavy (non-hydrogen) atoms. The normalized spacial score (nSPS) is 14.9. The maximum Gasteiger partial charge on any atom is 0.0741 e. The predicted octanol–water partition coefficient (Wildman–Crippen LogP) is 4.55. The standard InChI is InChI=1S/C23H16N2/c24-25-13-18-17-9-3-6-12-21(17)23(22(18)14-25)19-10-4-1-7-15(19)16-8-2-5-11-20(16)23/h1-14H,24H2. The van der Waals surface area contributed by atoms with E-state index in [1.807, 2.05) is 6.20 Å². The molecule has 3 aromatic carbocycles. The van der Waals surface area contributed by atoms with Gasteiger partial charge in [-0.2, -0.15) is 0 Å². The summed E-state index contributed by atoms with van der Waals surface area (Å²) in [5.41, 5.74) is 10.3. The average Bonchev–Trinajstić information content (AvgIpc) is 3.26. The van der Waals surface area contributed by atoms with Crippen molar-refractivity contribution in [3.05, 3.63) is 107 Å². The van der Waals surface area contributed by atoms with E-state index in [1.54, 1.807) is 4.68 Å². The highest BCUT2D eigenvalue weighted by Gasteiger charge is 2.52. The first kappa shape index (κ1) is 13.1. The summed E-state index contributed by atoms with van der Waals surface area (Å²) in [4.78, 5) is 0. The molecule has 1 heterocycles. The molecule has 2 nitrogen and oxygen atoms in total. The molecular weight excluding hydrogens is 304 g/mol. The second-order valence-electron chi connectivity index (χ2n) is 6.92. The van der Waals surface area contributed by atoms with Crippen LogP contribution in [0.5, 0.6) is 0 Å². The van der Waals surface area contributed by atoms with Crippen LogP contribution in [0.4, 0.5) is 0 Å². The largest absolute Gasteiger partial charge is 0.340 e. The fourth-order valence-corrected chi connectivity index (χ4v) is 4.99. The van der Waals surface area contributed by atoms with Crippen molar-refractivity contribution in [2.45, 2.75) is 5.41 Å². The summed E-state index contributed by atoms with van der Waals surface area (Å²) in [6.45, 7) is 0. The summed E-state index contributed by atoms with van der Waals surface area (Å²) in [6, 6.07) is 26.3.